The zero-order valence-corrected chi connectivity index (χ0v) is 12.8. The first-order valence-corrected chi connectivity index (χ1v) is 7.75. The maximum absolute atomic E-state index is 12.2. The molecule has 24 heavy (non-hydrogen) atoms. The smallest absolute Gasteiger partial charge is 0.328 e. The van der Waals surface area contributed by atoms with E-state index in [0.29, 0.717) is 5.06 Å². The molecule has 4 rings (SSSR count). The highest BCUT2D eigenvalue weighted by Gasteiger charge is 2.38. The molecule has 1 aliphatic heterocycles. The Labute approximate surface area is 137 Å². The topological polar surface area (TPSA) is 94.4 Å². The molecule has 2 amide bonds. The summed E-state index contributed by atoms with van der Waals surface area (Å²) in [6.07, 6.45) is 3.74. The SMILES string of the molecule is O=C(Cn1nnc2c1CCCC2)ON1C(=O)c2ccccc2C1=O. The Morgan fingerprint density at radius 3 is 2.46 bits per heavy atom. The van der Waals surface area contributed by atoms with Gasteiger partial charge in [0.05, 0.1) is 22.5 Å². The summed E-state index contributed by atoms with van der Waals surface area (Å²) < 4.78 is 1.48. The van der Waals surface area contributed by atoms with Crippen LogP contribution < -0.4 is 0 Å². The van der Waals surface area contributed by atoms with E-state index in [1.807, 2.05) is 0 Å². The van der Waals surface area contributed by atoms with Gasteiger partial charge in [-0.2, -0.15) is 0 Å². The van der Waals surface area contributed by atoms with Crippen LogP contribution in [-0.4, -0.2) is 37.8 Å². The molecular formula is C16H14N4O4. The first-order valence-electron chi connectivity index (χ1n) is 7.75. The van der Waals surface area contributed by atoms with E-state index in [2.05, 4.69) is 10.3 Å². The highest BCUT2D eigenvalue weighted by Crippen LogP contribution is 2.23. The number of nitrogens with zero attached hydrogens (tertiary/aromatic N) is 4. The lowest BCUT2D eigenvalue weighted by Gasteiger charge is -2.14. The van der Waals surface area contributed by atoms with Gasteiger partial charge in [0.2, 0.25) is 0 Å². The van der Waals surface area contributed by atoms with E-state index in [9.17, 15) is 14.4 Å². The Bertz CT molecular complexity index is 823. The molecule has 0 radical (unpaired) electrons. The van der Waals surface area contributed by atoms with E-state index in [1.54, 1.807) is 12.1 Å². The van der Waals surface area contributed by atoms with Crippen LogP contribution in [0.2, 0.25) is 0 Å². The molecule has 8 nitrogen and oxygen atoms in total. The van der Waals surface area contributed by atoms with Crippen LogP contribution in [0, 0.1) is 0 Å². The van der Waals surface area contributed by atoms with E-state index in [0.717, 1.165) is 37.1 Å². The van der Waals surface area contributed by atoms with Crippen molar-refractivity contribution >= 4 is 17.8 Å². The predicted octanol–water partition coefficient (Wildman–Crippen LogP) is 0.911. The minimum Gasteiger partial charge on any atom is -0.328 e. The van der Waals surface area contributed by atoms with Crippen molar-refractivity contribution in [3.05, 3.63) is 46.8 Å². The fraction of sp³-hybridized carbons (Fsp3) is 0.312. The van der Waals surface area contributed by atoms with Gasteiger partial charge in [0.1, 0.15) is 6.54 Å². The van der Waals surface area contributed by atoms with Crippen molar-refractivity contribution in [3.63, 3.8) is 0 Å². The molecule has 1 aromatic carbocycles. The summed E-state index contributed by atoms with van der Waals surface area (Å²) in [5.74, 6) is -2.00. The number of fused-ring (bicyclic) bond motifs is 2. The Kier molecular flexibility index (Phi) is 3.37. The second kappa shape index (κ2) is 5.55. The van der Waals surface area contributed by atoms with Crippen molar-refractivity contribution in [2.75, 3.05) is 0 Å². The number of carbonyl (C=O) groups is 3. The third kappa shape index (κ3) is 2.27. The van der Waals surface area contributed by atoms with Gasteiger partial charge in [-0.25, -0.2) is 9.48 Å². The minimum absolute atomic E-state index is 0.185. The van der Waals surface area contributed by atoms with Gasteiger partial charge in [0.25, 0.3) is 11.8 Å². The Hall–Kier alpha value is -3.03. The van der Waals surface area contributed by atoms with Crippen LogP contribution in [0.1, 0.15) is 44.9 Å². The van der Waals surface area contributed by atoms with Crippen molar-refractivity contribution < 1.29 is 19.2 Å². The molecule has 0 N–H and O–H groups in total. The van der Waals surface area contributed by atoms with Crippen molar-refractivity contribution in [3.8, 4) is 0 Å². The number of imide groups is 1. The van der Waals surface area contributed by atoms with E-state index in [-0.39, 0.29) is 17.7 Å². The molecule has 8 heteroatoms. The molecule has 0 saturated heterocycles. The number of rotatable bonds is 3. The van der Waals surface area contributed by atoms with Gasteiger partial charge in [0, 0.05) is 0 Å². The molecule has 1 aromatic heterocycles. The molecule has 0 spiro atoms. The van der Waals surface area contributed by atoms with E-state index < -0.39 is 17.8 Å². The molecule has 2 aliphatic rings. The number of hydroxylamine groups is 2. The molecule has 2 heterocycles. The lowest BCUT2D eigenvalue weighted by Crippen LogP contribution is -2.34. The molecule has 0 bridgehead atoms. The summed E-state index contributed by atoms with van der Waals surface area (Å²) in [4.78, 5) is 41.5. The molecule has 0 saturated carbocycles. The molecule has 2 aromatic rings. The highest BCUT2D eigenvalue weighted by atomic mass is 16.7. The average Bonchev–Trinajstić information content (AvgIpc) is 3.11. The third-order valence-corrected chi connectivity index (χ3v) is 4.22. The highest BCUT2D eigenvalue weighted by molar-refractivity contribution is 6.20. The molecule has 0 unspecified atom stereocenters. The second-order valence-corrected chi connectivity index (χ2v) is 5.76. The summed E-state index contributed by atoms with van der Waals surface area (Å²) in [6.45, 7) is -0.185. The number of hydrogen-bond acceptors (Lipinski definition) is 6. The fourth-order valence-corrected chi connectivity index (χ4v) is 3.05. The van der Waals surface area contributed by atoms with Crippen LogP contribution >= 0.6 is 0 Å². The fourth-order valence-electron chi connectivity index (χ4n) is 3.05. The van der Waals surface area contributed by atoms with Crippen LogP contribution in [0.25, 0.3) is 0 Å². The van der Waals surface area contributed by atoms with Gasteiger partial charge in [-0.1, -0.05) is 22.4 Å². The molecule has 1 aliphatic carbocycles. The Morgan fingerprint density at radius 1 is 1.08 bits per heavy atom. The van der Waals surface area contributed by atoms with Gasteiger partial charge in [-0.15, -0.1) is 5.10 Å². The summed E-state index contributed by atoms with van der Waals surface area (Å²) in [5, 5.41) is 8.54. The van der Waals surface area contributed by atoms with Gasteiger partial charge in [-0.3, -0.25) is 9.59 Å². The number of hydrogen-bond donors (Lipinski definition) is 0. The summed E-state index contributed by atoms with van der Waals surface area (Å²) >= 11 is 0. The summed E-state index contributed by atoms with van der Waals surface area (Å²) in [6, 6.07) is 6.35. The van der Waals surface area contributed by atoms with Crippen molar-refractivity contribution in [1.82, 2.24) is 20.1 Å². The zero-order chi connectivity index (χ0) is 16.7. The lowest BCUT2D eigenvalue weighted by molar-refractivity contribution is -0.169. The molecular weight excluding hydrogens is 312 g/mol. The first kappa shape index (κ1) is 14.6. The largest absolute Gasteiger partial charge is 0.354 e. The second-order valence-electron chi connectivity index (χ2n) is 5.76. The van der Waals surface area contributed by atoms with E-state index in [4.69, 9.17) is 4.84 Å². The van der Waals surface area contributed by atoms with Crippen molar-refractivity contribution in [2.24, 2.45) is 0 Å². The van der Waals surface area contributed by atoms with Gasteiger partial charge < -0.3 is 4.84 Å². The van der Waals surface area contributed by atoms with E-state index >= 15 is 0 Å². The minimum atomic E-state index is -0.734. The molecule has 122 valence electrons. The normalized spacial score (nSPS) is 16.1. The number of aromatic nitrogens is 3. The summed E-state index contributed by atoms with van der Waals surface area (Å²) in [5.41, 5.74) is 2.28. The maximum Gasteiger partial charge on any atom is 0.354 e. The Balaban J connectivity index is 1.49. The van der Waals surface area contributed by atoms with Gasteiger partial charge in [0.15, 0.2) is 0 Å². The van der Waals surface area contributed by atoms with Crippen LogP contribution in [-0.2, 0) is 29.0 Å². The first-order chi connectivity index (χ1) is 11.6. The number of carbonyl (C=O) groups excluding carboxylic acids is 3. The van der Waals surface area contributed by atoms with E-state index in [1.165, 1.54) is 16.8 Å². The zero-order valence-electron chi connectivity index (χ0n) is 12.8. The summed E-state index contributed by atoms with van der Waals surface area (Å²) in [7, 11) is 0. The predicted molar refractivity (Wildman–Crippen MR) is 79.7 cm³/mol. The van der Waals surface area contributed by atoms with Crippen LogP contribution in [0.4, 0.5) is 0 Å². The lowest BCUT2D eigenvalue weighted by atomic mass is 10.0. The monoisotopic (exact) mass is 326 g/mol. The number of aryl methyl sites for hydroxylation is 1. The quantitative estimate of drug-likeness (QED) is 0.778. The number of amides is 2. The van der Waals surface area contributed by atoms with Crippen molar-refractivity contribution in [2.45, 2.75) is 32.2 Å². The van der Waals surface area contributed by atoms with Crippen molar-refractivity contribution in [1.29, 1.82) is 0 Å². The van der Waals surface area contributed by atoms with Crippen LogP contribution in [0.15, 0.2) is 24.3 Å². The maximum atomic E-state index is 12.2. The average molecular weight is 326 g/mol. The number of benzene rings is 1. The molecule has 0 fully saturated rings. The Morgan fingerprint density at radius 2 is 1.75 bits per heavy atom. The van der Waals surface area contributed by atoms with Gasteiger partial charge >= 0.3 is 5.97 Å². The third-order valence-electron chi connectivity index (χ3n) is 4.22. The van der Waals surface area contributed by atoms with Gasteiger partial charge in [-0.05, 0) is 37.8 Å². The molecule has 0 atom stereocenters. The van der Waals surface area contributed by atoms with Crippen LogP contribution in [0.5, 0.6) is 0 Å². The van der Waals surface area contributed by atoms with Crippen LogP contribution in [0.3, 0.4) is 0 Å². The standard InChI is InChI=1S/C16H14N4O4/c21-14(9-19-13-8-4-3-7-12(13)17-18-19)24-20-15(22)10-5-1-2-6-11(10)16(20)23/h1-2,5-6H,3-4,7-9H2.